The molecule has 0 rings (SSSR count). The molecule has 0 aliphatic carbocycles. The zero-order valence-corrected chi connectivity index (χ0v) is 9.48. The molecule has 11 heteroatoms. The van der Waals surface area contributed by atoms with Gasteiger partial charge in [-0.15, -0.1) is 0 Å². The van der Waals surface area contributed by atoms with Gasteiger partial charge in [-0.3, -0.25) is 4.70 Å². The summed E-state index contributed by atoms with van der Waals surface area (Å²) in [5.74, 6) is -7.88. The van der Waals surface area contributed by atoms with Crippen molar-refractivity contribution < 1.29 is 45.7 Å². The summed E-state index contributed by atoms with van der Waals surface area (Å²) in [6, 6.07) is 0. The van der Waals surface area contributed by atoms with Crippen LogP contribution in [0.3, 0.4) is 0 Å². The molecule has 0 radical (unpaired) electrons. The summed E-state index contributed by atoms with van der Waals surface area (Å²) in [7, 11) is 0. The third kappa shape index (κ3) is 3.98. The normalized spacial score (nSPS) is 15.1. The molecule has 0 aromatic rings. The fourth-order valence-electron chi connectivity index (χ4n) is 0.511. The lowest BCUT2D eigenvalue weighted by atomic mass is 10.3. The van der Waals surface area contributed by atoms with Crippen LogP contribution in [0, 0.1) is 0 Å². The largest absolute Gasteiger partial charge is 0.479 e. The summed E-state index contributed by atoms with van der Waals surface area (Å²) in [6.07, 6.45) is -7.99. The highest BCUT2D eigenvalue weighted by molar-refractivity contribution is 9.10. The van der Waals surface area contributed by atoms with E-state index in [4.69, 9.17) is 5.11 Å². The van der Waals surface area contributed by atoms with Crippen molar-refractivity contribution in [3.8, 4) is 0 Å². The van der Waals surface area contributed by atoms with E-state index in [0.717, 1.165) is 15.9 Å². The van der Waals surface area contributed by atoms with Gasteiger partial charge in [0.05, 0.1) is 0 Å². The molecule has 0 heterocycles. The van der Waals surface area contributed by atoms with Crippen molar-refractivity contribution in [2.45, 2.75) is 29.9 Å². The highest BCUT2D eigenvalue weighted by Gasteiger charge is 2.72. The lowest BCUT2D eigenvalue weighted by Gasteiger charge is -2.29. The van der Waals surface area contributed by atoms with Gasteiger partial charge in [-0.1, -0.05) is 0 Å². The molecule has 0 aliphatic rings. The van der Waals surface area contributed by atoms with Crippen LogP contribution in [-0.2, 0) is 9.53 Å². The van der Waals surface area contributed by atoms with Crippen LogP contribution in [-0.4, -0.2) is 34.0 Å². The maximum absolute atomic E-state index is 12.6. The molecule has 0 spiro atoms. The second-order valence-corrected chi connectivity index (χ2v) is 3.68. The van der Waals surface area contributed by atoms with Gasteiger partial charge >= 0.3 is 22.8 Å². The molecule has 0 saturated carbocycles. The smallest absolute Gasteiger partial charge is 0.427 e. The zero-order chi connectivity index (χ0) is 13.4. The Balaban J connectivity index is 0. The van der Waals surface area contributed by atoms with Crippen molar-refractivity contribution >= 4 is 21.9 Å². The summed E-state index contributed by atoms with van der Waals surface area (Å²) in [5.41, 5.74) is 0. The Bertz CT molecular complexity index is 277. The molecule has 1 atom stereocenters. The van der Waals surface area contributed by atoms with Crippen LogP contribution in [0.1, 0.15) is 6.92 Å². The molecule has 17 heavy (non-hydrogen) atoms. The van der Waals surface area contributed by atoms with E-state index in [2.05, 4.69) is 4.74 Å². The van der Waals surface area contributed by atoms with Crippen LogP contribution >= 0.6 is 15.9 Å². The van der Waals surface area contributed by atoms with Crippen LogP contribution in [0.5, 0.6) is 0 Å². The Kier molecular flexibility index (Phi) is 5.94. The standard InChI is InChI=1S/C6H5BrF6O3.FH/c1-2(3(14)15)16-6(12,13)4(8,9)5(7,10)11;/h2H,1H3,(H,14,15);1H. The van der Waals surface area contributed by atoms with Crippen molar-refractivity contribution in [3.05, 3.63) is 0 Å². The van der Waals surface area contributed by atoms with Crippen molar-refractivity contribution in [2.24, 2.45) is 0 Å². The highest BCUT2D eigenvalue weighted by atomic mass is 79.9. The lowest BCUT2D eigenvalue weighted by molar-refractivity contribution is -0.386. The molecule has 0 amide bonds. The number of halogens is 8. The van der Waals surface area contributed by atoms with Gasteiger partial charge < -0.3 is 9.84 Å². The Morgan fingerprint density at radius 2 is 1.59 bits per heavy atom. The van der Waals surface area contributed by atoms with Gasteiger partial charge in [0, 0.05) is 0 Å². The molecular formula is C6H6BrF7O3. The van der Waals surface area contributed by atoms with Gasteiger partial charge in [-0.25, -0.2) is 4.79 Å². The Morgan fingerprint density at radius 3 is 1.82 bits per heavy atom. The summed E-state index contributed by atoms with van der Waals surface area (Å²) in [6.45, 7) is 0.499. The van der Waals surface area contributed by atoms with Gasteiger partial charge in [0.25, 0.3) is 0 Å². The highest BCUT2D eigenvalue weighted by Crippen LogP contribution is 2.49. The van der Waals surface area contributed by atoms with Gasteiger partial charge in [0.1, 0.15) is 0 Å². The quantitative estimate of drug-likeness (QED) is 0.619. The molecule has 0 bridgehead atoms. The molecule has 0 fully saturated rings. The first-order valence-corrected chi connectivity index (χ1v) is 4.35. The summed E-state index contributed by atoms with van der Waals surface area (Å²) < 4.78 is 77.4. The number of hydrogen-bond donors (Lipinski definition) is 1. The van der Waals surface area contributed by atoms with Gasteiger partial charge in [-0.05, 0) is 22.9 Å². The summed E-state index contributed by atoms with van der Waals surface area (Å²) in [5, 5.41) is 8.11. The van der Waals surface area contributed by atoms with E-state index in [-0.39, 0.29) is 4.70 Å². The topological polar surface area (TPSA) is 46.5 Å². The van der Waals surface area contributed by atoms with E-state index in [1.54, 1.807) is 0 Å². The monoisotopic (exact) mass is 338 g/mol. The predicted octanol–water partition coefficient (Wildman–Crippen LogP) is 2.84. The maximum Gasteiger partial charge on any atom is 0.427 e. The number of aliphatic carboxylic acids is 1. The van der Waals surface area contributed by atoms with Crippen LogP contribution in [0.15, 0.2) is 0 Å². The second-order valence-electron chi connectivity index (χ2n) is 2.69. The average Bonchev–Trinajstić information content (AvgIpc) is 2.00. The lowest BCUT2D eigenvalue weighted by Crippen LogP contribution is -2.54. The second kappa shape index (κ2) is 5.38. The third-order valence-electron chi connectivity index (χ3n) is 1.39. The minimum atomic E-state index is -5.89. The van der Waals surface area contributed by atoms with Gasteiger partial charge in [0.15, 0.2) is 6.10 Å². The fraction of sp³-hybridized carbons (Fsp3) is 0.833. The molecule has 1 N–H and O–H groups in total. The number of ether oxygens (including phenoxy) is 1. The number of carboxylic acids is 1. The molecule has 0 saturated heterocycles. The first kappa shape index (κ1) is 18.8. The summed E-state index contributed by atoms with van der Waals surface area (Å²) >= 11 is 1.07. The van der Waals surface area contributed by atoms with E-state index in [0.29, 0.717) is 6.92 Å². The van der Waals surface area contributed by atoms with Crippen LogP contribution in [0.4, 0.5) is 31.0 Å². The molecule has 0 aliphatic heterocycles. The Labute approximate surface area is 98.2 Å². The first-order valence-electron chi connectivity index (χ1n) is 3.56. The number of carbonyl (C=O) groups is 1. The zero-order valence-electron chi connectivity index (χ0n) is 7.90. The maximum atomic E-state index is 12.6. The molecule has 1 unspecified atom stereocenters. The van der Waals surface area contributed by atoms with E-state index in [1.165, 1.54) is 0 Å². The van der Waals surface area contributed by atoms with Gasteiger partial charge in [0.2, 0.25) is 0 Å². The Hall–Kier alpha value is -0.580. The van der Waals surface area contributed by atoms with Crippen molar-refractivity contribution in [2.75, 3.05) is 0 Å². The number of rotatable bonds is 5. The fourth-order valence-corrected chi connectivity index (χ4v) is 0.742. The van der Waals surface area contributed by atoms with Crippen LogP contribution < -0.4 is 0 Å². The van der Waals surface area contributed by atoms with E-state index >= 15 is 0 Å². The molecule has 0 aromatic carbocycles. The van der Waals surface area contributed by atoms with E-state index in [1.807, 2.05) is 0 Å². The molecular weight excluding hydrogens is 333 g/mol. The minimum absolute atomic E-state index is 0. The number of hydrogen-bond acceptors (Lipinski definition) is 2. The third-order valence-corrected chi connectivity index (χ3v) is 1.89. The number of alkyl halides is 7. The Morgan fingerprint density at radius 1 is 1.24 bits per heavy atom. The molecule has 104 valence electrons. The first-order chi connectivity index (χ1) is 6.83. The summed E-state index contributed by atoms with van der Waals surface area (Å²) in [4.78, 5) is 4.82. The average molecular weight is 339 g/mol. The van der Waals surface area contributed by atoms with Crippen molar-refractivity contribution in [1.82, 2.24) is 0 Å². The van der Waals surface area contributed by atoms with Crippen LogP contribution in [0.25, 0.3) is 0 Å². The van der Waals surface area contributed by atoms with Gasteiger partial charge in [-0.2, -0.15) is 26.3 Å². The molecule has 0 aromatic heterocycles. The minimum Gasteiger partial charge on any atom is -0.479 e. The van der Waals surface area contributed by atoms with E-state index < -0.39 is 28.9 Å². The predicted molar refractivity (Wildman–Crippen MR) is 44.5 cm³/mol. The molecule has 3 nitrogen and oxygen atoms in total. The SMILES string of the molecule is CC(OC(F)(F)C(F)(F)C(F)(F)Br)C(=O)O.F. The number of carboxylic acid groups (broad SMARTS) is 1. The van der Waals surface area contributed by atoms with Crippen molar-refractivity contribution in [3.63, 3.8) is 0 Å². The van der Waals surface area contributed by atoms with Crippen molar-refractivity contribution in [1.29, 1.82) is 0 Å². The van der Waals surface area contributed by atoms with Crippen LogP contribution in [0.2, 0.25) is 0 Å². The van der Waals surface area contributed by atoms with E-state index in [9.17, 15) is 31.1 Å².